The zero-order chi connectivity index (χ0) is 36.1. The number of hydrogen-bond acceptors (Lipinski definition) is 2. The molecule has 0 aliphatic carbocycles. The first-order valence-corrected chi connectivity index (χ1v) is 18.0. The average Bonchev–Trinajstić information content (AvgIpc) is 3.25. The molecule has 250 valence electrons. The highest BCUT2D eigenvalue weighted by molar-refractivity contribution is 6.21. The summed E-state index contributed by atoms with van der Waals surface area (Å²) < 4.78 is 0. The van der Waals surface area contributed by atoms with Crippen LogP contribution >= 0.6 is 0 Å². The molecule has 7 aromatic carbocycles. The van der Waals surface area contributed by atoms with Crippen molar-refractivity contribution in [2.45, 2.75) is 0 Å². The van der Waals surface area contributed by atoms with Crippen LogP contribution in [0, 0.1) is 23.7 Å². The summed E-state index contributed by atoms with van der Waals surface area (Å²) in [6.45, 7) is 0. The molecule has 54 heavy (non-hydrogen) atoms. The van der Waals surface area contributed by atoms with Crippen LogP contribution in [0.5, 0.6) is 0 Å². The predicted octanol–water partition coefficient (Wildman–Crippen LogP) is 12.3. The Morgan fingerprint density at radius 1 is 0.278 bits per heavy atom. The van der Waals surface area contributed by atoms with Crippen molar-refractivity contribution in [1.29, 1.82) is 0 Å². The fourth-order valence-electron chi connectivity index (χ4n) is 7.08. The van der Waals surface area contributed by atoms with Gasteiger partial charge in [-0.1, -0.05) is 133 Å². The Balaban J connectivity index is 1.20. The van der Waals surface area contributed by atoms with Gasteiger partial charge in [0.2, 0.25) is 0 Å². The van der Waals surface area contributed by atoms with Crippen LogP contribution in [0.25, 0.3) is 66.3 Å². The number of fused-ring (bicyclic) bond motifs is 2. The molecule has 0 aliphatic heterocycles. The van der Waals surface area contributed by atoms with E-state index in [9.17, 15) is 0 Å². The van der Waals surface area contributed by atoms with Gasteiger partial charge in [0.05, 0.1) is 11.4 Å². The van der Waals surface area contributed by atoms with Crippen LogP contribution in [0.2, 0.25) is 0 Å². The van der Waals surface area contributed by atoms with E-state index in [-0.39, 0.29) is 0 Å². The quantitative estimate of drug-likeness (QED) is 0.136. The maximum atomic E-state index is 4.52. The Labute approximate surface area is 315 Å². The highest BCUT2D eigenvalue weighted by Crippen LogP contribution is 2.44. The van der Waals surface area contributed by atoms with Gasteiger partial charge in [0, 0.05) is 45.8 Å². The lowest BCUT2D eigenvalue weighted by atomic mass is 9.85. The summed E-state index contributed by atoms with van der Waals surface area (Å²) in [5.41, 5.74) is 12.5. The van der Waals surface area contributed by atoms with E-state index in [2.05, 4.69) is 167 Å². The summed E-state index contributed by atoms with van der Waals surface area (Å²) in [5.74, 6) is 13.8. The molecule has 0 radical (unpaired) electrons. The van der Waals surface area contributed by atoms with Crippen molar-refractivity contribution < 1.29 is 0 Å². The second kappa shape index (κ2) is 14.6. The Morgan fingerprint density at radius 2 is 0.667 bits per heavy atom. The minimum absolute atomic E-state index is 0.934. The van der Waals surface area contributed by atoms with Crippen molar-refractivity contribution in [2.24, 2.45) is 0 Å². The van der Waals surface area contributed by atoms with Gasteiger partial charge in [-0.2, -0.15) is 0 Å². The van der Waals surface area contributed by atoms with E-state index in [0.29, 0.717) is 0 Å². The molecule has 2 heteroatoms. The van der Waals surface area contributed by atoms with Gasteiger partial charge in [-0.25, -0.2) is 0 Å². The summed E-state index contributed by atoms with van der Waals surface area (Å²) in [4.78, 5) is 9.05. The zero-order valence-corrected chi connectivity index (χ0v) is 29.4. The molecule has 0 saturated carbocycles. The number of pyridine rings is 2. The van der Waals surface area contributed by atoms with E-state index in [0.717, 1.165) is 66.7 Å². The molecule has 2 nitrogen and oxygen atoms in total. The smallest absolute Gasteiger partial charge is 0.0702 e. The molecule has 0 N–H and O–H groups in total. The van der Waals surface area contributed by atoms with Gasteiger partial charge < -0.3 is 0 Å². The molecular formula is C52H32N2. The van der Waals surface area contributed by atoms with Gasteiger partial charge in [0.15, 0.2) is 0 Å². The first-order valence-electron chi connectivity index (χ1n) is 18.0. The largest absolute Gasteiger partial charge is 0.256 e. The van der Waals surface area contributed by atoms with Gasteiger partial charge in [0.25, 0.3) is 0 Å². The van der Waals surface area contributed by atoms with Crippen molar-refractivity contribution in [1.82, 2.24) is 9.97 Å². The molecule has 0 spiro atoms. The lowest BCUT2D eigenvalue weighted by Crippen LogP contribution is -1.92. The second-order valence-electron chi connectivity index (χ2n) is 13.1. The van der Waals surface area contributed by atoms with Crippen molar-refractivity contribution >= 4 is 21.5 Å². The zero-order valence-electron chi connectivity index (χ0n) is 29.4. The molecule has 2 heterocycles. The van der Waals surface area contributed by atoms with Crippen LogP contribution in [-0.4, -0.2) is 9.97 Å². The first-order chi connectivity index (χ1) is 26.8. The standard InChI is InChI=1S/C52H32N2/c1-3-15-41(16-4-1)51-45-29-27-40(26-24-38-14-12-20-44(34-38)50-22-8-10-32-54-50)36-48(45)52(42-17-5-2-6-18-42)46-30-28-39(35-47(46)51)25-23-37-13-11-19-43(33-37)49-21-7-9-31-53-49/h1-22,27-36H. The van der Waals surface area contributed by atoms with Crippen LogP contribution in [0.3, 0.4) is 0 Å². The van der Waals surface area contributed by atoms with Gasteiger partial charge in [-0.3, -0.25) is 9.97 Å². The van der Waals surface area contributed by atoms with Crippen molar-refractivity contribution in [3.05, 3.63) is 217 Å². The summed E-state index contributed by atoms with van der Waals surface area (Å²) in [7, 11) is 0. The molecule has 0 fully saturated rings. The topological polar surface area (TPSA) is 25.8 Å². The van der Waals surface area contributed by atoms with Gasteiger partial charge in [0.1, 0.15) is 0 Å². The molecule has 0 saturated heterocycles. The van der Waals surface area contributed by atoms with E-state index in [1.165, 1.54) is 21.9 Å². The molecule has 9 rings (SSSR count). The minimum Gasteiger partial charge on any atom is -0.256 e. The average molecular weight is 685 g/mol. The predicted molar refractivity (Wildman–Crippen MR) is 224 cm³/mol. The van der Waals surface area contributed by atoms with Gasteiger partial charge in [-0.15, -0.1) is 0 Å². The Kier molecular flexibility index (Phi) is 8.76. The number of benzene rings is 7. The van der Waals surface area contributed by atoms with Crippen molar-refractivity contribution in [2.75, 3.05) is 0 Å². The SMILES string of the molecule is C(#Cc1ccc2c(-c3ccccc3)c3cc(C#Cc4cccc(-c5ccccn5)c4)ccc3c(-c3ccccc3)c2c1)c1cccc(-c2ccccn2)c1. The van der Waals surface area contributed by atoms with Gasteiger partial charge in [-0.05, 0) is 117 Å². The van der Waals surface area contributed by atoms with Crippen LogP contribution in [-0.2, 0) is 0 Å². The maximum absolute atomic E-state index is 4.52. The fraction of sp³-hybridized carbons (Fsp3) is 0. The number of hydrogen-bond donors (Lipinski definition) is 0. The lowest BCUT2D eigenvalue weighted by Gasteiger charge is -2.18. The van der Waals surface area contributed by atoms with Crippen LogP contribution in [0.1, 0.15) is 22.3 Å². The monoisotopic (exact) mass is 684 g/mol. The lowest BCUT2D eigenvalue weighted by molar-refractivity contribution is 1.32. The van der Waals surface area contributed by atoms with Gasteiger partial charge >= 0.3 is 0 Å². The molecule has 0 atom stereocenters. The highest BCUT2D eigenvalue weighted by atomic mass is 14.7. The van der Waals surface area contributed by atoms with Crippen LogP contribution < -0.4 is 0 Å². The van der Waals surface area contributed by atoms with E-state index in [1.54, 1.807) is 0 Å². The molecule has 0 bridgehead atoms. The molecular weight excluding hydrogens is 653 g/mol. The maximum Gasteiger partial charge on any atom is 0.0702 e. The second-order valence-corrected chi connectivity index (χ2v) is 13.1. The third kappa shape index (κ3) is 6.65. The first kappa shape index (κ1) is 32.4. The Morgan fingerprint density at radius 3 is 1.07 bits per heavy atom. The molecule has 2 aromatic heterocycles. The third-order valence-corrected chi connectivity index (χ3v) is 9.59. The van der Waals surface area contributed by atoms with Crippen molar-refractivity contribution in [3.63, 3.8) is 0 Å². The highest BCUT2D eigenvalue weighted by Gasteiger charge is 2.17. The summed E-state index contributed by atoms with van der Waals surface area (Å²) in [5, 5.41) is 4.66. The van der Waals surface area contributed by atoms with Crippen LogP contribution in [0.4, 0.5) is 0 Å². The number of aromatic nitrogens is 2. The van der Waals surface area contributed by atoms with E-state index in [1.807, 2.05) is 60.9 Å². The van der Waals surface area contributed by atoms with E-state index >= 15 is 0 Å². The minimum atomic E-state index is 0.934. The summed E-state index contributed by atoms with van der Waals surface area (Å²) in [6, 6.07) is 63.0. The number of rotatable bonds is 4. The van der Waals surface area contributed by atoms with E-state index in [4.69, 9.17) is 0 Å². The summed E-state index contributed by atoms with van der Waals surface area (Å²) >= 11 is 0. The molecule has 9 aromatic rings. The molecule has 0 aliphatic rings. The van der Waals surface area contributed by atoms with E-state index < -0.39 is 0 Å². The fourth-order valence-corrected chi connectivity index (χ4v) is 7.08. The Hall–Kier alpha value is -7.52. The van der Waals surface area contributed by atoms with Crippen LogP contribution in [0.15, 0.2) is 194 Å². The normalized spacial score (nSPS) is 10.7. The van der Waals surface area contributed by atoms with Crippen molar-refractivity contribution in [3.8, 4) is 68.5 Å². The summed E-state index contributed by atoms with van der Waals surface area (Å²) in [6.07, 6.45) is 3.64. The molecule has 0 amide bonds. The Bertz CT molecular complexity index is 2710. The third-order valence-electron chi connectivity index (χ3n) is 9.59. The molecule has 0 unspecified atom stereocenters. The number of nitrogens with zero attached hydrogens (tertiary/aromatic N) is 2.